The van der Waals surface area contributed by atoms with Gasteiger partial charge in [-0.3, -0.25) is 14.2 Å². The molecule has 1 atom stereocenters. The highest BCUT2D eigenvalue weighted by molar-refractivity contribution is 8.00. The first-order valence-electron chi connectivity index (χ1n) is 6.04. The number of fused-ring (bicyclic) bond motifs is 1. The van der Waals surface area contributed by atoms with Crippen LogP contribution in [0.2, 0.25) is 0 Å². The second-order valence-electron chi connectivity index (χ2n) is 4.21. The third-order valence-electron chi connectivity index (χ3n) is 2.77. The van der Waals surface area contributed by atoms with E-state index in [1.807, 2.05) is 0 Å². The molecule has 0 aliphatic rings. The standard InChI is InChI=1S/C14H14N2O3S/c1-3-8-16-12(17)10-6-4-5-7-11(10)15-14(16)20-9(2)13(18)19/h3-7,9H,1,8H2,2H3,(H,18,19). The zero-order valence-corrected chi connectivity index (χ0v) is 11.8. The van der Waals surface area contributed by atoms with Gasteiger partial charge in [0.1, 0.15) is 5.25 Å². The van der Waals surface area contributed by atoms with Crippen molar-refractivity contribution in [3.63, 3.8) is 0 Å². The van der Waals surface area contributed by atoms with Crippen molar-refractivity contribution < 1.29 is 9.90 Å². The molecule has 2 rings (SSSR count). The number of nitrogens with zero attached hydrogens (tertiary/aromatic N) is 2. The van der Waals surface area contributed by atoms with Gasteiger partial charge in [-0.25, -0.2) is 4.98 Å². The number of aromatic nitrogens is 2. The molecule has 0 aliphatic carbocycles. The Bertz CT molecular complexity index is 724. The van der Waals surface area contributed by atoms with Crippen molar-refractivity contribution in [2.75, 3.05) is 0 Å². The Hall–Kier alpha value is -2.08. The summed E-state index contributed by atoms with van der Waals surface area (Å²) in [6.45, 7) is 5.48. The van der Waals surface area contributed by atoms with Crippen molar-refractivity contribution in [2.45, 2.75) is 23.9 Å². The van der Waals surface area contributed by atoms with Gasteiger partial charge in [0.15, 0.2) is 5.16 Å². The van der Waals surface area contributed by atoms with Crippen LogP contribution in [0, 0.1) is 0 Å². The quantitative estimate of drug-likeness (QED) is 0.519. The van der Waals surface area contributed by atoms with Gasteiger partial charge in [0.2, 0.25) is 0 Å². The number of rotatable bonds is 5. The number of thioether (sulfide) groups is 1. The zero-order chi connectivity index (χ0) is 14.7. The van der Waals surface area contributed by atoms with Crippen molar-refractivity contribution in [3.8, 4) is 0 Å². The number of carbonyl (C=O) groups is 1. The highest BCUT2D eigenvalue weighted by Crippen LogP contribution is 2.22. The molecule has 0 radical (unpaired) electrons. The fourth-order valence-electron chi connectivity index (χ4n) is 1.74. The maximum atomic E-state index is 12.4. The first kappa shape index (κ1) is 14.3. The molecule has 0 saturated heterocycles. The molecule has 20 heavy (non-hydrogen) atoms. The molecular formula is C14H14N2O3S. The number of allylic oxidation sites excluding steroid dienone is 1. The van der Waals surface area contributed by atoms with Crippen LogP contribution < -0.4 is 5.56 Å². The maximum Gasteiger partial charge on any atom is 0.316 e. The molecule has 1 unspecified atom stereocenters. The van der Waals surface area contributed by atoms with Gasteiger partial charge >= 0.3 is 5.97 Å². The molecule has 0 aliphatic heterocycles. The van der Waals surface area contributed by atoms with Gasteiger partial charge in [0.05, 0.1) is 10.9 Å². The number of benzene rings is 1. The molecular weight excluding hydrogens is 276 g/mol. The van der Waals surface area contributed by atoms with E-state index in [-0.39, 0.29) is 5.56 Å². The second kappa shape index (κ2) is 5.92. The summed E-state index contributed by atoms with van der Waals surface area (Å²) < 4.78 is 1.44. The average molecular weight is 290 g/mol. The number of para-hydroxylation sites is 1. The van der Waals surface area contributed by atoms with Gasteiger partial charge in [-0.05, 0) is 19.1 Å². The fraction of sp³-hybridized carbons (Fsp3) is 0.214. The van der Waals surface area contributed by atoms with Gasteiger partial charge in [-0.15, -0.1) is 6.58 Å². The van der Waals surface area contributed by atoms with Crippen LogP contribution in [0.5, 0.6) is 0 Å². The van der Waals surface area contributed by atoms with E-state index in [4.69, 9.17) is 5.11 Å². The van der Waals surface area contributed by atoms with Crippen molar-refractivity contribution in [2.24, 2.45) is 0 Å². The lowest BCUT2D eigenvalue weighted by atomic mass is 10.2. The van der Waals surface area contributed by atoms with Crippen molar-refractivity contribution >= 4 is 28.6 Å². The number of hydrogen-bond acceptors (Lipinski definition) is 4. The summed E-state index contributed by atoms with van der Waals surface area (Å²) in [7, 11) is 0. The summed E-state index contributed by atoms with van der Waals surface area (Å²) >= 11 is 1.05. The van der Waals surface area contributed by atoms with E-state index in [2.05, 4.69) is 11.6 Å². The van der Waals surface area contributed by atoms with Crippen LogP contribution in [0.4, 0.5) is 0 Å². The fourth-order valence-corrected chi connectivity index (χ4v) is 2.59. The van der Waals surface area contributed by atoms with Crippen LogP contribution >= 0.6 is 11.8 Å². The Morgan fingerprint density at radius 1 is 1.55 bits per heavy atom. The molecule has 5 nitrogen and oxygen atoms in total. The molecule has 0 amide bonds. The van der Waals surface area contributed by atoms with Crippen molar-refractivity contribution in [3.05, 3.63) is 47.3 Å². The van der Waals surface area contributed by atoms with Crippen LogP contribution in [0.1, 0.15) is 6.92 Å². The second-order valence-corrected chi connectivity index (χ2v) is 5.52. The van der Waals surface area contributed by atoms with E-state index in [0.29, 0.717) is 22.6 Å². The summed E-state index contributed by atoms with van der Waals surface area (Å²) in [6, 6.07) is 7.02. The van der Waals surface area contributed by atoms with Gasteiger partial charge in [0.25, 0.3) is 5.56 Å². The molecule has 1 aromatic heterocycles. The van der Waals surface area contributed by atoms with Crippen LogP contribution in [0.15, 0.2) is 46.9 Å². The summed E-state index contributed by atoms with van der Waals surface area (Å²) in [6.07, 6.45) is 1.59. The smallest absolute Gasteiger partial charge is 0.316 e. The van der Waals surface area contributed by atoms with Crippen LogP contribution in [-0.2, 0) is 11.3 Å². The predicted octanol–water partition coefficient (Wildman–Crippen LogP) is 2.15. The van der Waals surface area contributed by atoms with Gasteiger partial charge in [0, 0.05) is 6.54 Å². The Morgan fingerprint density at radius 2 is 2.25 bits per heavy atom. The third-order valence-corrected chi connectivity index (χ3v) is 3.85. The molecule has 104 valence electrons. The highest BCUT2D eigenvalue weighted by atomic mass is 32.2. The number of aliphatic carboxylic acids is 1. The van der Waals surface area contributed by atoms with Crippen LogP contribution in [-0.4, -0.2) is 25.9 Å². The van der Waals surface area contributed by atoms with Crippen LogP contribution in [0.3, 0.4) is 0 Å². The summed E-state index contributed by atoms with van der Waals surface area (Å²) in [5.41, 5.74) is 0.383. The number of carboxylic acids is 1. The minimum Gasteiger partial charge on any atom is -0.480 e. The maximum absolute atomic E-state index is 12.4. The topological polar surface area (TPSA) is 72.2 Å². The van der Waals surface area contributed by atoms with Crippen LogP contribution in [0.25, 0.3) is 10.9 Å². The molecule has 2 aromatic rings. The van der Waals surface area contributed by atoms with Gasteiger partial charge in [-0.2, -0.15) is 0 Å². The normalized spacial score (nSPS) is 12.2. The van der Waals surface area contributed by atoms with Crippen molar-refractivity contribution in [1.82, 2.24) is 9.55 Å². The SMILES string of the molecule is C=CCn1c(SC(C)C(=O)O)nc2ccccc2c1=O. The molecule has 6 heteroatoms. The lowest BCUT2D eigenvalue weighted by molar-refractivity contribution is -0.136. The lowest BCUT2D eigenvalue weighted by Crippen LogP contribution is -2.24. The van der Waals surface area contributed by atoms with E-state index < -0.39 is 11.2 Å². The predicted molar refractivity (Wildman–Crippen MR) is 79.2 cm³/mol. The molecule has 1 aromatic carbocycles. The molecule has 0 spiro atoms. The van der Waals surface area contributed by atoms with Gasteiger partial charge < -0.3 is 5.11 Å². The van der Waals surface area contributed by atoms with E-state index >= 15 is 0 Å². The minimum absolute atomic E-state index is 0.185. The van der Waals surface area contributed by atoms with E-state index in [9.17, 15) is 9.59 Å². The molecule has 1 heterocycles. The minimum atomic E-state index is -0.942. The monoisotopic (exact) mass is 290 g/mol. The average Bonchev–Trinajstić information content (AvgIpc) is 2.43. The highest BCUT2D eigenvalue weighted by Gasteiger charge is 2.17. The third kappa shape index (κ3) is 2.75. The lowest BCUT2D eigenvalue weighted by Gasteiger charge is -2.13. The van der Waals surface area contributed by atoms with E-state index in [1.54, 1.807) is 37.3 Å². The first-order valence-corrected chi connectivity index (χ1v) is 6.92. The Labute approximate surface area is 120 Å². The first-order chi connectivity index (χ1) is 9.54. The molecule has 0 bridgehead atoms. The van der Waals surface area contributed by atoms with Crippen molar-refractivity contribution in [1.29, 1.82) is 0 Å². The Kier molecular flexibility index (Phi) is 4.24. The number of hydrogen-bond donors (Lipinski definition) is 1. The molecule has 1 N–H and O–H groups in total. The summed E-state index contributed by atoms with van der Waals surface area (Å²) in [4.78, 5) is 27.8. The summed E-state index contributed by atoms with van der Waals surface area (Å²) in [5.74, 6) is -0.942. The Morgan fingerprint density at radius 3 is 2.90 bits per heavy atom. The number of carboxylic acid groups (broad SMARTS) is 1. The van der Waals surface area contributed by atoms with Gasteiger partial charge in [-0.1, -0.05) is 30.0 Å². The zero-order valence-electron chi connectivity index (χ0n) is 10.9. The molecule has 0 saturated carbocycles. The van der Waals surface area contributed by atoms with E-state index in [1.165, 1.54) is 4.57 Å². The summed E-state index contributed by atoms with van der Waals surface area (Å²) in [5, 5.41) is 9.22. The Balaban J connectivity index is 2.62. The van der Waals surface area contributed by atoms with E-state index in [0.717, 1.165) is 11.8 Å². The largest absolute Gasteiger partial charge is 0.480 e. The molecule has 0 fully saturated rings.